The van der Waals surface area contributed by atoms with Gasteiger partial charge in [-0.2, -0.15) is 18.4 Å². The highest BCUT2D eigenvalue weighted by Gasteiger charge is 2.50. The molecule has 3 nitrogen and oxygen atoms in total. The smallest absolute Gasteiger partial charge is 0.446 e. The molecule has 2 aliphatic carbocycles. The van der Waals surface area contributed by atoms with E-state index in [-0.39, 0.29) is 17.2 Å². The van der Waals surface area contributed by atoms with Crippen LogP contribution in [0.5, 0.6) is 5.75 Å². The molecule has 0 spiro atoms. The van der Waals surface area contributed by atoms with Crippen molar-refractivity contribution in [2.24, 2.45) is 5.92 Å². The van der Waals surface area contributed by atoms with Crippen LogP contribution in [0.25, 0.3) is 0 Å². The van der Waals surface area contributed by atoms with Gasteiger partial charge >= 0.3 is 5.51 Å². The molecule has 0 amide bonds. The van der Waals surface area contributed by atoms with Gasteiger partial charge in [0.2, 0.25) is 0 Å². The van der Waals surface area contributed by atoms with Crippen molar-refractivity contribution in [2.45, 2.75) is 47.8 Å². The topological polar surface area (TPSA) is 53.2 Å². The molecule has 1 fully saturated rings. The van der Waals surface area contributed by atoms with E-state index in [1.54, 1.807) is 0 Å². The lowest BCUT2D eigenvalue weighted by molar-refractivity contribution is -0.0977. The van der Waals surface area contributed by atoms with Crippen molar-refractivity contribution < 1.29 is 31.8 Å². The second-order valence-corrected chi connectivity index (χ2v) is 6.95. The summed E-state index contributed by atoms with van der Waals surface area (Å²) in [5, 5.41) is 18.9. The molecule has 0 aliphatic heterocycles. The average molecular weight is 365 g/mol. The van der Waals surface area contributed by atoms with Crippen molar-refractivity contribution in [1.29, 1.82) is 5.26 Å². The largest absolute Gasteiger partial charge is 0.475 e. The van der Waals surface area contributed by atoms with E-state index >= 15 is 0 Å². The fourth-order valence-electron chi connectivity index (χ4n) is 2.74. The average Bonchev–Trinajstić information content (AvgIpc) is 3.25. The van der Waals surface area contributed by atoms with Crippen molar-refractivity contribution in [3.63, 3.8) is 0 Å². The summed E-state index contributed by atoms with van der Waals surface area (Å²) in [7, 11) is 0. The molecule has 1 aromatic rings. The number of fused-ring (bicyclic) bond motifs is 1. The number of nitriles is 1. The lowest BCUT2D eigenvalue weighted by atomic mass is 10.1. The first kappa shape index (κ1) is 17.3. The molecule has 24 heavy (non-hydrogen) atoms. The Balaban J connectivity index is 2.00. The van der Waals surface area contributed by atoms with Crippen molar-refractivity contribution in [1.82, 2.24) is 0 Å². The number of hydrogen-bond acceptors (Lipinski definition) is 4. The predicted molar refractivity (Wildman–Crippen MR) is 74.7 cm³/mol. The standard InChI is InChI=1S/C15H12F5NO2S/c16-14(17)5-8-9(23-10(6-21)7-1-2-7)3-4-11(12(8)13(14)22)24-15(18,19)20/h3-4,7,10,13,22H,1-2,5H2/t10-,13-/m0/s1. The number of nitrogens with zero attached hydrogens (tertiary/aromatic N) is 1. The van der Waals surface area contributed by atoms with Crippen LogP contribution in [0.3, 0.4) is 0 Å². The number of alkyl halides is 5. The number of halogens is 5. The zero-order valence-electron chi connectivity index (χ0n) is 12.1. The molecule has 0 radical (unpaired) electrons. The van der Waals surface area contributed by atoms with E-state index in [9.17, 15) is 27.1 Å². The van der Waals surface area contributed by atoms with Crippen LogP contribution in [0.15, 0.2) is 17.0 Å². The Kier molecular flexibility index (Phi) is 4.16. The Morgan fingerprint density at radius 3 is 2.54 bits per heavy atom. The van der Waals surface area contributed by atoms with Gasteiger partial charge in [-0.1, -0.05) is 0 Å². The zero-order valence-corrected chi connectivity index (χ0v) is 12.9. The summed E-state index contributed by atoms with van der Waals surface area (Å²) >= 11 is -0.551. The lowest BCUT2D eigenvalue weighted by Gasteiger charge is -2.18. The third-order valence-electron chi connectivity index (χ3n) is 4.02. The van der Waals surface area contributed by atoms with Gasteiger partial charge in [0.05, 0.1) is 0 Å². The Morgan fingerprint density at radius 2 is 2.00 bits per heavy atom. The summed E-state index contributed by atoms with van der Waals surface area (Å²) in [5.74, 6) is -3.64. The van der Waals surface area contributed by atoms with Gasteiger partial charge in [0, 0.05) is 28.4 Å². The molecule has 1 saturated carbocycles. The monoisotopic (exact) mass is 365 g/mol. The summed E-state index contributed by atoms with van der Waals surface area (Å²) < 4.78 is 71.1. The number of rotatable bonds is 4. The van der Waals surface area contributed by atoms with Gasteiger partial charge in [-0.15, -0.1) is 0 Å². The van der Waals surface area contributed by atoms with E-state index in [0.717, 1.165) is 25.0 Å². The molecule has 0 unspecified atom stereocenters. The molecule has 2 aliphatic rings. The molecular formula is C15H12F5NO2S. The van der Waals surface area contributed by atoms with E-state index in [1.807, 2.05) is 6.07 Å². The third-order valence-corrected chi connectivity index (χ3v) is 4.82. The number of benzene rings is 1. The first-order chi connectivity index (χ1) is 11.1. The van der Waals surface area contributed by atoms with Gasteiger partial charge in [-0.05, 0) is 36.7 Å². The Labute approximate surface area is 138 Å². The van der Waals surface area contributed by atoms with Crippen LogP contribution >= 0.6 is 11.8 Å². The fourth-order valence-corrected chi connectivity index (χ4v) is 3.47. The van der Waals surface area contributed by atoms with Crippen LogP contribution in [-0.2, 0) is 6.42 Å². The molecule has 9 heteroatoms. The molecule has 3 rings (SSSR count). The molecular weight excluding hydrogens is 353 g/mol. The van der Waals surface area contributed by atoms with Crippen LogP contribution in [0.2, 0.25) is 0 Å². The van der Waals surface area contributed by atoms with Crippen LogP contribution in [0, 0.1) is 17.2 Å². The number of thioether (sulfide) groups is 1. The molecule has 0 saturated heterocycles. The van der Waals surface area contributed by atoms with Crippen molar-refractivity contribution in [2.75, 3.05) is 0 Å². The highest BCUT2D eigenvalue weighted by molar-refractivity contribution is 8.00. The minimum atomic E-state index is -4.67. The SMILES string of the molecule is N#C[C@H](Oc1ccc(SC(F)(F)F)c2c1CC(F)(F)[C@H]2O)C1CC1. The van der Waals surface area contributed by atoms with E-state index in [1.165, 1.54) is 0 Å². The van der Waals surface area contributed by atoms with Crippen LogP contribution in [0.1, 0.15) is 30.1 Å². The summed E-state index contributed by atoms with van der Waals surface area (Å²) in [5.41, 5.74) is -5.30. The maximum atomic E-state index is 13.9. The molecule has 0 bridgehead atoms. The highest BCUT2D eigenvalue weighted by atomic mass is 32.2. The zero-order chi connectivity index (χ0) is 17.7. The molecule has 2 atom stereocenters. The maximum Gasteiger partial charge on any atom is 0.446 e. The van der Waals surface area contributed by atoms with Crippen molar-refractivity contribution >= 4 is 11.8 Å². The van der Waals surface area contributed by atoms with Crippen LogP contribution in [-0.4, -0.2) is 22.6 Å². The van der Waals surface area contributed by atoms with E-state index in [2.05, 4.69) is 0 Å². The fraction of sp³-hybridized carbons (Fsp3) is 0.533. The first-order valence-corrected chi connectivity index (χ1v) is 7.97. The highest BCUT2D eigenvalue weighted by Crippen LogP contribution is 2.52. The molecule has 1 N–H and O–H groups in total. The first-order valence-electron chi connectivity index (χ1n) is 7.16. The quantitative estimate of drug-likeness (QED) is 0.642. The second kappa shape index (κ2) is 5.77. The summed E-state index contributed by atoms with van der Waals surface area (Å²) in [4.78, 5) is -0.477. The molecule has 1 aromatic carbocycles. The summed E-state index contributed by atoms with van der Waals surface area (Å²) in [6.45, 7) is 0. The van der Waals surface area contributed by atoms with Gasteiger partial charge in [0.15, 0.2) is 6.10 Å². The predicted octanol–water partition coefficient (Wildman–Crippen LogP) is 4.20. The lowest BCUT2D eigenvalue weighted by Crippen LogP contribution is -2.22. The third kappa shape index (κ3) is 3.30. The number of aliphatic hydroxyl groups is 1. The number of aliphatic hydroxyl groups excluding tert-OH is 1. The second-order valence-electron chi connectivity index (χ2n) is 5.85. The van der Waals surface area contributed by atoms with Gasteiger partial charge in [0.1, 0.15) is 17.9 Å². The molecule has 0 heterocycles. The summed E-state index contributed by atoms with van der Waals surface area (Å²) in [6.07, 6.45) is -2.53. The Hall–Kier alpha value is -1.53. The summed E-state index contributed by atoms with van der Waals surface area (Å²) in [6, 6.07) is 4.09. The number of ether oxygens (including phenoxy) is 1. The van der Waals surface area contributed by atoms with Gasteiger partial charge in [-0.3, -0.25) is 0 Å². The Morgan fingerprint density at radius 1 is 1.33 bits per heavy atom. The van der Waals surface area contributed by atoms with Crippen LogP contribution < -0.4 is 4.74 Å². The normalized spacial score (nSPS) is 23.5. The van der Waals surface area contributed by atoms with Gasteiger partial charge < -0.3 is 9.84 Å². The minimum absolute atomic E-state index is 0.00159. The molecule has 0 aromatic heterocycles. The van der Waals surface area contributed by atoms with E-state index < -0.39 is 52.3 Å². The number of hydrogen-bond donors (Lipinski definition) is 1. The van der Waals surface area contributed by atoms with E-state index in [0.29, 0.717) is 0 Å². The van der Waals surface area contributed by atoms with E-state index in [4.69, 9.17) is 10.00 Å². The van der Waals surface area contributed by atoms with Gasteiger partial charge in [-0.25, -0.2) is 8.78 Å². The van der Waals surface area contributed by atoms with Gasteiger partial charge in [0.25, 0.3) is 5.92 Å². The van der Waals surface area contributed by atoms with Crippen LogP contribution in [0.4, 0.5) is 22.0 Å². The maximum absolute atomic E-state index is 13.9. The van der Waals surface area contributed by atoms with Crippen molar-refractivity contribution in [3.8, 4) is 11.8 Å². The minimum Gasteiger partial charge on any atom is -0.475 e. The Bertz CT molecular complexity index is 696. The van der Waals surface area contributed by atoms with Crippen molar-refractivity contribution in [3.05, 3.63) is 23.3 Å². The molecule has 130 valence electrons.